The number of benzene rings is 1. The first-order chi connectivity index (χ1) is 6.83. The van der Waals surface area contributed by atoms with Crippen LogP contribution in [0.2, 0.25) is 0 Å². The van der Waals surface area contributed by atoms with Gasteiger partial charge in [0.2, 0.25) is 0 Å². The van der Waals surface area contributed by atoms with Crippen molar-refractivity contribution in [2.45, 2.75) is 6.04 Å². The fraction of sp³-hybridized carbons (Fsp3) is 0.455. The molecule has 0 saturated carbocycles. The van der Waals surface area contributed by atoms with Crippen LogP contribution < -0.4 is 4.90 Å². The second-order valence-electron chi connectivity index (χ2n) is 4.09. The van der Waals surface area contributed by atoms with E-state index in [4.69, 9.17) is 0 Å². The second kappa shape index (κ2) is 3.24. The van der Waals surface area contributed by atoms with E-state index < -0.39 is 0 Å². The average Bonchev–Trinajstić information content (AvgIpc) is 2.17. The Bertz CT molecular complexity index is 344. The van der Waals surface area contributed by atoms with Crippen LogP contribution in [-0.2, 0) is 0 Å². The van der Waals surface area contributed by atoms with E-state index in [9.17, 15) is 0 Å². The molecule has 0 spiro atoms. The predicted octanol–water partition coefficient (Wildman–Crippen LogP) is 1.95. The van der Waals surface area contributed by atoms with Gasteiger partial charge in [0.1, 0.15) is 0 Å². The summed E-state index contributed by atoms with van der Waals surface area (Å²) >= 11 is 3.52. The average molecular weight is 253 g/mol. The molecule has 2 nitrogen and oxygen atoms in total. The van der Waals surface area contributed by atoms with Gasteiger partial charge < -0.3 is 4.90 Å². The number of hydrogen-bond acceptors (Lipinski definition) is 2. The molecule has 4 rings (SSSR count). The minimum atomic E-state index is 0.762. The van der Waals surface area contributed by atoms with Gasteiger partial charge in [-0.1, -0.05) is 22.0 Å². The summed E-state index contributed by atoms with van der Waals surface area (Å²) in [5.41, 5.74) is 1.36. The number of halogens is 1. The van der Waals surface area contributed by atoms with Crippen LogP contribution in [-0.4, -0.2) is 37.1 Å². The summed E-state index contributed by atoms with van der Waals surface area (Å²) in [5, 5.41) is 0. The fourth-order valence-corrected chi connectivity index (χ4v) is 2.74. The maximum Gasteiger partial charge on any atom is 0.0544 e. The van der Waals surface area contributed by atoms with E-state index >= 15 is 0 Å². The van der Waals surface area contributed by atoms with E-state index in [1.807, 2.05) is 0 Å². The van der Waals surface area contributed by atoms with Crippen molar-refractivity contribution in [3.05, 3.63) is 28.7 Å². The van der Waals surface area contributed by atoms with Crippen LogP contribution >= 0.6 is 15.9 Å². The third kappa shape index (κ3) is 1.35. The summed E-state index contributed by atoms with van der Waals surface area (Å²) in [6.07, 6.45) is 0. The van der Waals surface area contributed by atoms with E-state index in [-0.39, 0.29) is 0 Å². The zero-order valence-corrected chi connectivity index (χ0v) is 9.57. The number of piperazine rings is 2. The van der Waals surface area contributed by atoms with Crippen molar-refractivity contribution < 1.29 is 0 Å². The minimum Gasteiger partial charge on any atom is -0.365 e. The number of rotatable bonds is 1. The molecule has 0 atom stereocenters. The van der Waals surface area contributed by atoms with Gasteiger partial charge in [-0.3, -0.25) is 4.90 Å². The minimum absolute atomic E-state index is 0.762. The Balaban J connectivity index is 1.87. The van der Waals surface area contributed by atoms with Crippen LogP contribution in [0.15, 0.2) is 28.7 Å². The van der Waals surface area contributed by atoms with Crippen LogP contribution in [0, 0.1) is 0 Å². The highest BCUT2D eigenvalue weighted by atomic mass is 79.9. The summed E-state index contributed by atoms with van der Waals surface area (Å²) in [5.74, 6) is 0. The summed E-state index contributed by atoms with van der Waals surface area (Å²) in [4.78, 5) is 5.05. The van der Waals surface area contributed by atoms with Crippen molar-refractivity contribution in [2.24, 2.45) is 0 Å². The molecule has 14 heavy (non-hydrogen) atoms. The van der Waals surface area contributed by atoms with Gasteiger partial charge in [-0.25, -0.2) is 0 Å². The molecule has 0 unspecified atom stereocenters. The van der Waals surface area contributed by atoms with E-state index in [2.05, 4.69) is 50.0 Å². The molecule has 0 amide bonds. The Labute approximate surface area is 92.6 Å². The molecule has 3 aliphatic heterocycles. The SMILES string of the molecule is Brc1cccc(N2CCN3CC2C3)c1. The van der Waals surface area contributed by atoms with Crippen LogP contribution in [0.5, 0.6) is 0 Å². The first kappa shape index (κ1) is 8.74. The summed E-state index contributed by atoms with van der Waals surface area (Å²) < 4.78 is 1.18. The van der Waals surface area contributed by atoms with E-state index in [0.29, 0.717) is 0 Å². The normalized spacial score (nSPS) is 29.9. The second-order valence-corrected chi connectivity index (χ2v) is 5.00. The van der Waals surface area contributed by atoms with Crippen LogP contribution in [0.3, 0.4) is 0 Å². The molecule has 74 valence electrons. The van der Waals surface area contributed by atoms with Gasteiger partial charge in [0.25, 0.3) is 0 Å². The van der Waals surface area contributed by atoms with Crippen molar-refractivity contribution in [1.82, 2.24) is 4.90 Å². The molecule has 0 aromatic heterocycles. The van der Waals surface area contributed by atoms with Crippen LogP contribution in [0.25, 0.3) is 0 Å². The molecule has 1 aromatic rings. The molecule has 2 bridgehead atoms. The largest absolute Gasteiger partial charge is 0.365 e. The molecule has 3 heteroatoms. The highest BCUT2D eigenvalue weighted by molar-refractivity contribution is 9.10. The Morgan fingerprint density at radius 1 is 1.21 bits per heavy atom. The summed E-state index contributed by atoms with van der Waals surface area (Å²) in [6.45, 7) is 4.92. The maximum atomic E-state index is 3.52. The lowest BCUT2D eigenvalue weighted by Crippen LogP contribution is -2.66. The molecule has 0 aliphatic carbocycles. The number of hydrogen-bond donors (Lipinski definition) is 0. The van der Waals surface area contributed by atoms with E-state index in [1.165, 1.54) is 36.3 Å². The van der Waals surface area contributed by atoms with Crippen molar-refractivity contribution in [3.63, 3.8) is 0 Å². The summed E-state index contributed by atoms with van der Waals surface area (Å²) in [7, 11) is 0. The highest BCUT2D eigenvalue weighted by Gasteiger charge is 2.36. The third-order valence-corrected chi connectivity index (χ3v) is 3.67. The standard InChI is InChI=1S/C11H13BrN2/c12-9-2-1-3-10(6-9)14-5-4-13-7-11(14)8-13/h1-3,6,11H,4-5,7-8H2. The van der Waals surface area contributed by atoms with E-state index in [1.54, 1.807) is 0 Å². The lowest BCUT2D eigenvalue weighted by molar-refractivity contribution is 0.110. The quantitative estimate of drug-likeness (QED) is 0.754. The Morgan fingerprint density at radius 3 is 2.71 bits per heavy atom. The predicted molar refractivity (Wildman–Crippen MR) is 61.7 cm³/mol. The maximum absolute atomic E-state index is 3.52. The monoisotopic (exact) mass is 252 g/mol. The molecule has 3 fully saturated rings. The third-order valence-electron chi connectivity index (χ3n) is 3.18. The topological polar surface area (TPSA) is 6.48 Å². The van der Waals surface area contributed by atoms with Crippen molar-refractivity contribution in [2.75, 3.05) is 31.1 Å². The Hall–Kier alpha value is -0.540. The van der Waals surface area contributed by atoms with Crippen LogP contribution in [0.4, 0.5) is 5.69 Å². The lowest BCUT2D eigenvalue weighted by Gasteiger charge is -2.52. The van der Waals surface area contributed by atoms with Crippen molar-refractivity contribution >= 4 is 21.6 Å². The molecule has 3 heterocycles. The van der Waals surface area contributed by atoms with Gasteiger partial charge in [-0.2, -0.15) is 0 Å². The molecular weight excluding hydrogens is 240 g/mol. The summed E-state index contributed by atoms with van der Waals surface area (Å²) in [6, 6.07) is 9.38. The Kier molecular flexibility index (Phi) is 2.03. The molecule has 0 radical (unpaired) electrons. The van der Waals surface area contributed by atoms with Gasteiger partial charge in [0.15, 0.2) is 0 Å². The number of anilines is 1. The van der Waals surface area contributed by atoms with Gasteiger partial charge in [0.05, 0.1) is 6.04 Å². The first-order valence-electron chi connectivity index (χ1n) is 5.07. The zero-order valence-electron chi connectivity index (χ0n) is 7.99. The highest BCUT2D eigenvalue weighted by Crippen LogP contribution is 2.28. The fourth-order valence-electron chi connectivity index (χ4n) is 2.35. The van der Waals surface area contributed by atoms with Crippen molar-refractivity contribution in [1.29, 1.82) is 0 Å². The molecule has 0 N–H and O–H groups in total. The zero-order chi connectivity index (χ0) is 9.54. The van der Waals surface area contributed by atoms with E-state index in [0.717, 1.165) is 6.04 Å². The lowest BCUT2D eigenvalue weighted by atomic mass is 10.0. The van der Waals surface area contributed by atoms with Crippen LogP contribution in [0.1, 0.15) is 0 Å². The smallest absolute Gasteiger partial charge is 0.0544 e. The van der Waals surface area contributed by atoms with Crippen molar-refractivity contribution in [3.8, 4) is 0 Å². The molecule has 3 aliphatic rings. The van der Waals surface area contributed by atoms with Gasteiger partial charge in [-0.15, -0.1) is 0 Å². The molecular formula is C11H13BrN2. The Morgan fingerprint density at radius 2 is 2.07 bits per heavy atom. The van der Waals surface area contributed by atoms with Gasteiger partial charge >= 0.3 is 0 Å². The number of fused-ring (bicyclic) bond motifs is 2. The number of nitrogens with zero attached hydrogens (tertiary/aromatic N) is 2. The molecule has 1 aromatic carbocycles. The molecule has 3 saturated heterocycles. The van der Waals surface area contributed by atoms with Gasteiger partial charge in [-0.05, 0) is 18.2 Å². The first-order valence-corrected chi connectivity index (χ1v) is 5.87. The van der Waals surface area contributed by atoms with Gasteiger partial charge in [0, 0.05) is 36.3 Å².